The van der Waals surface area contributed by atoms with E-state index in [0.29, 0.717) is 11.6 Å². The summed E-state index contributed by atoms with van der Waals surface area (Å²) in [5.74, 6) is -1.22. The topological polar surface area (TPSA) is 128 Å². The van der Waals surface area contributed by atoms with Crippen LogP contribution >= 0.6 is 0 Å². The Hall–Kier alpha value is -4.50. The van der Waals surface area contributed by atoms with E-state index in [2.05, 4.69) is 20.6 Å². The van der Waals surface area contributed by atoms with E-state index >= 15 is 4.39 Å². The fourth-order valence-electron chi connectivity index (χ4n) is 3.66. The third-order valence-corrected chi connectivity index (χ3v) is 5.44. The number of methoxy groups -OCH3 is 1. The highest BCUT2D eigenvalue weighted by atomic mass is 19.1. The number of anilines is 3. The van der Waals surface area contributed by atoms with Gasteiger partial charge in [-0.05, 0) is 23.3 Å². The van der Waals surface area contributed by atoms with E-state index in [9.17, 15) is 4.79 Å². The SMILES string of the molecule is COc1cc(Nc2nc(N[C@H](c3ccccc3)[C@@H](N)c3ccccc3)c(F)cc2C(N)=O)ccn1. The lowest BCUT2D eigenvalue weighted by Gasteiger charge is -2.27. The fraction of sp³-hybridized carbons (Fsp3) is 0.115. The second-order valence-corrected chi connectivity index (χ2v) is 7.76. The molecule has 0 radical (unpaired) electrons. The van der Waals surface area contributed by atoms with Crippen LogP contribution in [-0.4, -0.2) is 23.0 Å². The zero-order valence-electron chi connectivity index (χ0n) is 19.0. The molecule has 0 spiro atoms. The van der Waals surface area contributed by atoms with Crippen molar-refractivity contribution in [3.63, 3.8) is 0 Å². The molecule has 1 amide bonds. The van der Waals surface area contributed by atoms with Crippen molar-refractivity contribution in [3.8, 4) is 5.88 Å². The van der Waals surface area contributed by atoms with Crippen LogP contribution in [-0.2, 0) is 0 Å². The van der Waals surface area contributed by atoms with Gasteiger partial charge in [-0.15, -0.1) is 0 Å². The molecule has 0 fully saturated rings. The molecule has 0 unspecified atom stereocenters. The minimum atomic E-state index is -0.827. The molecule has 2 heterocycles. The van der Waals surface area contributed by atoms with Crippen LogP contribution in [0.2, 0.25) is 0 Å². The van der Waals surface area contributed by atoms with Crippen molar-refractivity contribution in [1.29, 1.82) is 0 Å². The molecule has 178 valence electrons. The number of pyridine rings is 2. The Morgan fingerprint density at radius 2 is 1.63 bits per heavy atom. The third kappa shape index (κ3) is 5.53. The van der Waals surface area contributed by atoms with Crippen molar-refractivity contribution >= 4 is 23.2 Å². The Kier molecular flexibility index (Phi) is 7.18. The molecule has 35 heavy (non-hydrogen) atoms. The van der Waals surface area contributed by atoms with Crippen LogP contribution in [0.1, 0.15) is 33.6 Å². The molecule has 9 heteroatoms. The monoisotopic (exact) mass is 472 g/mol. The highest BCUT2D eigenvalue weighted by Crippen LogP contribution is 2.32. The molecule has 0 aliphatic rings. The van der Waals surface area contributed by atoms with Crippen LogP contribution in [0, 0.1) is 5.82 Å². The minimum Gasteiger partial charge on any atom is -0.481 e. The summed E-state index contributed by atoms with van der Waals surface area (Å²) in [6.07, 6.45) is 1.53. The first kappa shape index (κ1) is 23.7. The summed E-state index contributed by atoms with van der Waals surface area (Å²) in [6.45, 7) is 0. The van der Waals surface area contributed by atoms with Crippen LogP contribution < -0.4 is 26.8 Å². The summed E-state index contributed by atoms with van der Waals surface area (Å²) < 4.78 is 20.3. The second-order valence-electron chi connectivity index (χ2n) is 7.76. The zero-order chi connectivity index (χ0) is 24.8. The van der Waals surface area contributed by atoms with Gasteiger partial charge in [0.1, 0.15) is 5.82 Å². The summed E-state index contributed by atoms with van der Waals surface area (Å²) in [5.41, 5.74) is 14.3. The third-order valence-electron chi connectivity index (χ3n) is 5.44. The molecule has 4 rings (SSSR count). The fourth-order valence-corrected chi connectivity index (χ4v) is 3.66. The van der Waals surface area contributed by atoms with Crippen molar-refractivity contribution in [2.75, 3.05) is 17.7 Å². The predicted octanol–water partition coefficient (Wildman–Crippen LogP) is 4.32. The Morgan fingerprint density at radius 1 is 0.971 bits per heavy atom. The van der Waals surface area contributed by atoms with Gasteiger partial charge in [0, 0.05) is 18.0 Å². The van der Waals surface area contributed by atoms with Crippen molar-refractivity contribution in [3.05, 3.63) is 108 Å². The maximum atomic E-state index is 15.2. The molecular weight excluding hydrogens is 447 g/mol. The van der Waals surface area contributed by atoms with Gasteiger partial charge in [0.25, 0.3) is 5.91 Å². The minimum absolute atomic E-state index is 0.0785. The van der Waals surface area contributed by atoms with Crippen LogP contribution in [0.25, 0.3) is 0 Å². The largest absolute Gasteiger partial charge is 0.481 e. The quantitative estimate of drug-likeness (QED) is 0.286. The smallest absolute Gasteiger partial charge is 0.252 e. The number of benzene rings is 2. The van der Waals surface area contributed by atoms with Gasteiger partial charge in [-0.3, -0.25) is 4.79 Å². The Morgan fingerprint density at radius 3 is 2.26 bits per heavy atom. The Labute approximate surface area is 202 Å². The van der Waals surface area contributed by atoms with Crippen molar-refractivity contribution < 1.29 is 13.9 Å². The van der Waals surface area contributed by atoms with Crippen LogP contribution in [0.5, 0.6) is 5.88 Å². The zero-order valence-corrected chi connectivity index (χ0v) is 19.0. The lowest BCUT2D eigenvalue weighted by Crippen LogP contribution is -2.27. The number of primary amides is 1. The van der Waals surface area contributed by atoms with Gasteiger partial charge >= 0.3 is 0 Å². The number of aromatic nitrogens is 2. The summed E-state index contributed by atoms with van der Waals surface area (Å²) in [5, 5.41) is 6.14. The molecule has 0 aliphatic carbocycles. The molecule has 2 aromatic carbocycles. The van der Waals surface area contributed by atoms with Gasteiger partial charge in [0.2, 0.25) is 5.88 Å². The van der Waals surface area contributed by atoms with E-state index in [-0.39, 0.29) is 17.2 Å². The van der Waals surface area contributed by atoms with E-state index in [1.165, 1.54) is 13.3 Å². The van der Waals surface area contributed by atoms with E-state index in [4.69, 9.17) is 16.2 Å². The molecule has 0 bridgehead atoms. The van der Waals surface area contributed by atoms with Crippen LogP contribution in [0.3, 0.4) is 0 Å². The number of halogens is 1. The van der Waals surface area contributed by atoms with Gasteiger partial charge in [-0.2, -0.15) is 0 Å². The lowest BCUT2D eigenvalue weighted by atomic mass is 9.94. The summed E-state index contributed by atoms with van der Waals surface area (Å²) >= 11 is 0. The normalized spacial score (nSPS) is 12.4. The molecule has 0 aliphatic heterocycles. The Balaban J connectivity index is 1.73. The summed E-state index contributed by atoms with van der Waals surface area (Å²) in [6, 6.07) is 22.2. The number of rotatable bonds is 9. The highest BCUT2D eigenvalue weighted by Gasteiger charge is 2.25. The lowest BCUT2D eigenvalue weighted by molar-refractivity contribution is 0.100. The molecular formula is C26H25FN6O2. The molecule has 8 nitrogen and oxygen atoms in total. The van der Waals surface area contributed by atoms with E-state index in [1.807, 2.05) is 60.7 Å². The van der Waals surface area contributed by atoms with Crippen LogP contribution in [0.4, 0.5) is 21.7 Å². The number of carbonyl (C=O) groups excluding carboxylic acids is 1. The maximum Gasteiger partial charge on any atom is 0.252 e. The first-order valence-corrected chi connectivity index (χ1v) is 10.9. The molecule has 0 saturated carbocycles. The van der Waals surface area contributed by atoms with Gasteiger partial charge in [-0.25, -0.2) is 14.4 Å². The van der Waals surface area contributed by atoms with Crippen molar-refractivity contribution in [2.45, 2.75) is 12.1 Å². The first-order valence-electron chi connectivity index (χ1n) is 10.9. The average molecular weight is 473 g/mol. The molecule has 2 atom stereocenters. The van der Waals surface area contributed by atoms with Gasteiger partial charge in [0.15, 0.2) is 11.6 Å². The van der Waals surface area contributed by atoms with E-state index in [1.54, 1.807) is 12.1 Å². The number of ether oxygens (including phenoxy) is 1. The summed E-state index contributed by atoms with van der Waals surface area (Å²) in [4.78, 5) is 20.5. The van der Waals surface area contributed by atoms with Gasteiger partial charge in [0.05, 0.1) is 24.8 Å². The van der Waals surface area contributed by atoms with Crippen molar-refractivity contribution in [1.82, 2.24) is 9.97 Å². The number of carbonyl (C=O) groups is 1. The van der Waals surface area contributed by atoms with Gasteiger partial charge < -0.3 is 26.8 Å². The van der Waals surface area contributed by atoms with Gasteiger partial charge in [-0.1, -0.05) is 60.7 Å². The molecule has 6 N–H and O–H groups in total. The predicted molar refractivity (Wildman–Crippen MR) is 133 cm³/mol. The first-order chi connectivity index (χ1) is 17.0. The highest BCUT2D eigenvalue weighted by molar-refractivity contribution is 5.98. The van der Waals surface area contributed by atoms with E-state index < -0.39 is 23.8 Å². The second kappa shape index (κ2) is 10.6. The number of nitrogens with two attached hydrogens (primary N) is 2. The number of nitrogens with zero attached hydrogens (tertiary/aromatic N) is 2. The molecule has 2 aromatic heterocycles. The van der Waals surface area contributed by atoms with Crippen LogP contribution in [0.15, 0.2) is 85.1 Å². The number of hydrogen-bond acceptors (Lipinski definition) is 7. The maximum absolute atomic E-state index is 15.2. The standard InChI is InChI=1S/C26H25FN6O2/c1-35-21-14-18(12-13-30-21)31-25-19(24(29)34)15-20(27)26(33-25)32-23(17-10-6-3-7-11-17)22(28)16-8-4-2-5-9-16/h2-15,22-23H,28H2,1H3,(H2,29,34)(H2,30,31,32,33)/t22-,23+/m0/s1. The average Bonchev–Trinajstić information content (AvgIpc) is 2.89. The number of amides is 1. The van der Waals surface area contributed by atoms with E-state index in [0.717, 1.165) is 17.2 Å². The summed E-state index contributed by atoms with van der Waals surface area (Å²) in [7, 11) is 1.48. The number of nitrogens with one attached hydrogen (secondary N) is 2. The molecule has 0 saturated heterocycles. The van der Waals surface area contributed by atoms with Crippen molar-refractivity contribution in [2.24, 2.45) is 11.5 Å². The molecule has 4 aromatic rings. The Bertz CT molecular complexity index is 1300. The number of hydrogen-bond donors (Lipinski definition) is 4.